The predicted octanol–water partition coefficient (Wildman–Crippen LogP) is 2.57. The topological polar surface area (TPSA) is 35.2 Å². The Kier molecular flexibility index (Phi) is 5.06. The van der Waals surface area contributed by atoms with Crippen LogP contribution in [0.25, 0.3) is 0 Å². The Morgan fingerprint density at radius 2 is 2.15 bits per heavy atom. The van der Waals surface area contributed by atoms with Crippen molar-refractivity contribution < 1.29 is 4.74 Å². The molecule has 1 rings (SSSR count). The van der Waals surface area contributed by atoms with E-state index in [1.165, 1.54) is 11.3 Å². The molecule has 2 N–H and O–H groups in total. The molecule has 0 bridgehead atoms. The van der Waals surface area contributed by atoms with Gasteiger partial charge < -0.3 is 10.5 Å². The van der Waals surface area contributed by atoms with Crippen molar-refractivity contribution in [2.24, 2.45) is 5.73 Å². The fourth-order valence-electron chi connectivity index (χ4n) is 0.912. The number of nitrogens with two attached hydrogens (primary N) is 1. The molecule has 0 fully saturated rings. The minimum absolute atomic E-state index is 0.554. The van der Waals surface area contributed by atoms with E-state index in [9.17, 15) is 0 Å². The molecule has 0 saturated carbocycles. The fraction of sp³-hybridized carbons (Fsp3) is 0.500. The molecule has 5 heteroatoms. The Bertz CT molecular complexity index is 265. The number of thiophene rings is 1. The second kappa shape index (κ2) is 5.83. The van der Waals surface area contributed by atoms with Crippen molar-refractivity contribution in [2.75, 3.05) is 19.8 Å². The highest BCUT2D eigenvalue weighted by molar-refractivity contribution is 7.20. The van der Waals surface area contributed by atoms with E-state index in [2.05, 4.69) is 0 Å². The molecule has 0 aliphatic carbocycles. The summed E-state index contributed by atoms with van der Waals surface area (Å²) in [6.07, 6.45) is 0.794. The Labute approximate surface area is 91.6 Å². The molecule has 0 aromatic carbocycles. The van der Waals surface area contributed by atoms with E-state index in [0.717, 1.165) is 20.7 Å². The van der Waals surface area contributed by atoms with Crippen molar-refractivity contribution in [1.82, 2.24) is 0 Å². The van der Waals surface area contributed by atoms with Gasteiger partial charge in [-0.3, -0.25) is 0 Å². The van der Waals surface area contributed by atoms with Crippen molar-refractivity contribution in [2.45, 2.75) is 6.42 Å². The molecule has 13 heavy (non-hydrogen) atoms. The Hall–Kier alpha value is 0.200. The molecule has 1 aromatic heterocycles. The van der Waals surface area contributed by atoms with Gasteiger partial charge in [0.05, 0.1) is 21.9 Å². The summed E-state index contributed by atoms with van der Waals surface area (Å²) < 4.78 is 6.70. The highest BCUT2D eigenvalue weighted by atomic mass is 35.5. The third-order valence-electron chi connectivity index (χ3n) is 1.51. The van der Waals surface area contributed by atoms with Crippen LogP contribution in [-0.2, 0) is 11.2 Å². The minimum Gasteiger partial charge on any atom is -0.380 e. The van der Waals surface area contributed by atoms with E-state index >= 15 is 0 Å². The van der Waals surface area contributed by atoms with Gasteiger partial charge in [0.15, 0.2) is 0 Å². The van der Waals surface area contributed by atoms with Gasteiger partial charge in [-0.25, -0.2) is 0 Å². The van der Waals surface area contributed by atoms with Crippen molar-refractivity contribution in [3.63, 3.8) is 0 Å². The first-order valence-electron chi connectivity index (χ1n) is 3.95. The van der Waals surface area contributed by atoms with Crippen LogP contribution in [0.3, 0.4) is 0 Å². The number of rotatable bonds is 5. The smallest absolute Gasteiger partial charge is 0.0977 e. The van der Waals surface area contributed by atoms with Crippen LogP contribution in [0.2, 0.25) is 8.67 Å². The highest BCUT2D eigenvalue weighted by Crippen LogP contribution is 2.31. The van der Waals surface area contributed by atoms with Gasteiger partial charge in [0.25, 0.3) is 0 Å². The Morgan fingerprint density at radius 3 is 2.69 bits per heavy atom. The normalized spacial score (nSPS) is 10.7. The Balaban J connectivity index is 2.32. The van der Waals surface area contributed by atoms with E-state index in [0.29, 0.717) is 19.8 Å². The van der Waals surface area contributed by atoms with Crippen molar-refractivity contribution >= 4 is 34.5 Å². The summed E-state index contributed by atoms with van der Waals surface area (Å²) in [6, 6.07) is 1.88. The molecule has 0 saturated heterocycles. The monoisotopic (exact) mass is 239 g/mol. The van der Waals surface area contributed by atoms with Crippen molar-refractivity contribution in [3.8, 4) is 0 Å². The predicted molar refractivity (Wildman–Crippen MR) is 57.9 cm³/mol. The molecular formula is C8H11Cl2NOS. The zero-order valence-corrected chi connectivity index (χ0v) is 9.38. The fourth-order valence-corrected chi connectivity index (χ4v) is 2.46. The van der Waals surface area contributed by atoms with E-state index in [4.69, 9.17) is 33.7 Å². The SMILES string of the molecule is NCCOCCc1cc(Cl)sc1Cl. The summed E-state index contributed by atoms with van der Waals surface area (Å²) in [4.78, 5) is 0. The average molecular weight is 240 g/mol. The van der Waals surface area contributed by atoms with Gasteiger partial charge in [0.2, 0.25) is 0 Å². The summed E-state index contributed by atoms with van der Waals surface area (Å²) in [5.41, 5.74) is 6.32. The van der Waals surface area contributed by atoms with E-state index in [1.54, 1.807) is 0 Å². The van der Waals surface area contributed by atoms with E-state index < -0.39 is 0 Å². The molecule has 0 unspecified atom stereocenters. The number of halogens is 2. The summed E-state index contributed by atoms with van der Waals surface area (Å²) in [6.45, 7) is 1.79. The summed E-state index contributed by atoms with van der Waals surface area (Å²) in [5.74, 6) is 0. The van der Waals surface area contributed by atoms with Crippen LogP contribution in [-0.4, -0.2) is 19.8 Å². The van der Waals surface area contributed by atoms with Crippen LogP contribution in [0.1, 0.15) is 5.56 Å². The lowest BCUT2D eigenvalue weighted by atomic mass is 10.2. The van der Waals surface area contributed by atoms with Gasteiger partial charge >= 0.3 is 0 Å². The molecule has 1 heterocycles. The lowest BCUT2D eigenvalue weighted by Crippen LogP contribution is -2.09. The van der Waals surface area contributed by atoms with Gasteiger partial charge in [0, 0.05) is 6.54 Å². The molecular weight excluding hydrogens is 229 g/mol. The van der Waals surface area contributed by atoms with E-state index in [-0.39, 0.29) is 0 Å². The first-order chi connectivity index (χ1) is 6.24. The molecule has 0 amide bonds. The second-order valence-corrected chi connectivity index (χ2v) is 4.79. The van der Waals surface area contributed by atoms with Crippen molar-refractivity contribution in [3.05, 3.63) is 20.3 Å². The minimum atomic E-state index is 0.554. The quantitative estimate of drug-likeness (QED) is 0.803. The molecule has 0 aliphatic heterocycles. The van der Waals surface area contributed by atoms with Gasteiger partial charge in [0.1, 0.15) is 0 Å². The summed E-state index contributed by atoms with van der Waals surface area (Å²) in [5, 5.41) is 0. The summed E-state index contributed by atoms with van der Waals surface area (Å²) >= 11 is 13.1. The molecule has 74 valence electrons. The van der Waals surface area contributed by atoms with Crippen LogP contribution in [0, 0.1) is 0 Å². The molecule has 0 aliphatic rings. The average Bonchev–Trinajstić information content (AvgIpc) is 2.39. The molecule has 0 atom stereocenters. The van der Waals surface area contributed by atoms with E-state index in [1.807, 2.05) is 6.07 Å². The Morgan fingerprint density at radius 1 is 1.38 bits per heavy atom. The molecule has 1 aromatic rings. The van der Waals surface area contributed by atoms with Crippen LogP contribution in [0.4, 0.5) is 0 Å². The number of hydrogen-bond donors (Lipinski definition) is 1. The second-order valence-electron chi connectivity index (χ2n) is 2.50. The maximum atomic E-state index is 5.91. The van der Waals surface area contributed by atoms with Gasteiger partial charge in [-0.15, -0.1) is 11.3 Å². The van der Waals surface area contributed by atoms with Gasteiger partial charge in [-0.2, -0.15) is 0 Å². The first kappa shape index (κ1) is 11.3. The third-order valence-corrected chi connectivity index (χ3v) is 3.07. The zero-order chi connectivity index (χ0) is 9.68. The van der Waals surface area contributed by atoms with Gasteiger partial charge in [-0.1, -0.05) is 23.2 Å². The molecule has 0 spiro atoms. The maximum Gasteiger partial charge on any atom is 0.0977 e. The molecule has 0 radical (unpaired) electrons. The van der Waals surface area contributed by atoms with Crippen LogP contribution in [0.5, 0.6) is 0 Å². The largest absolute Gasteiger partial charge is 0.380 e. The van der Waals surface area contributed by atoms with Crippen LogP contribution >= 0.6 is 34.5 Å². The van der Waals surface area contributed by atoms with Gasteiger partial charge in [-0.05, 0) is 18.1 Å². The lowest BCUT2D eigenvalue weighted by Gasteiger charge is -2.00. The van der Waals surface area contributed by atoms with Crippen LogP contribution < -0.4 is 5.73 Å². The molecule has 2 nitrogen and oxygen atoms in total. The lowest BCUT2D eigenvalue weighted by molar-refractivity contribution is 0.145. The summed E-state index contributed by atoms with van der Waals surface area (Å²) in [7, 11) is 0. The third kappa shape index (κ3) is 3.83. The first-order valence-corrected chi connectivity index (χ1v) is 5.53. The highest BCUT2D eigenvalue weighted by Gasteiger charge is 2.04. The number of hydrogen-bond acceptors (Lipinski definition) is 3. The zero-order valence-electron chi connectivity index (χ0n) is 7.06. The standard InChI is InChI=1S/C8H11Cl2NOS/c9-7-5-6(8(10)13-7)1-3-12-4-2-11/h5H,1-4,11H2. The number of ether oxygens (including phenoxy) is 1. The maximum absolute atomic E-state index is 5.91. The van der Waals surface area contributed by atoms with Crippen LogP contribution in [0.15, 0.2) is 6.07 Å². The van der Waals surface area contributed by atoms with Crippen molar-refractivity contribution in [1.29, 1.82) is 0 Å².